The molecule has 0 radical (unpaired) electrons. The van der Waals surface area contributed by atoms with E-state index in [0.717, 1.165) is 37.5 Å². The molecule has 2 heterocycles. The number of nitrogens with two attached hydrogens (primary N) is 1. The third-order valence-corrected chi connectivity index (χ3v) is 4.60. The Morgan fingerprint density at radius 3 is 3.05 bits per heavy atom. The van der Waals surface area contributed by atoms with Gasteiger partial charge in [0.25, 0.3) is 5.91 Å². The number of nitrogens with one attached hydrogen (secondary N) is 1. The maximum Gasteiger partial charge on any atom is 0.265 e. The molecular formula is C13H22N4O2S. The Balaban J connectivity index is 1.93. The largest absolute Gasteiger partial charge is 0.382 e. The summed E-state index contributed by atoms with van der Waals surface area (Å²) >= 11 is 1.32. The van der Waals surface area contributed by atoms with Gasteiger partial charge in [0.05, 0.1) is 6.10 Å². The molecule has 0 aliphatic carbocycles. The number of amides is 1. The van der Waals surface area contributed by atoms with Crippen LogP contribution in [0.3, 0.4) is 0 Å². The van der Waals surface area contributed by atoms with Gasteiger partial charge in [-0.1, -0.05) is 11.3 Å². The molecule has 6 nitrogen and oxygen atoms in total. The van der Waals surface area contributed by atoms with Crippen molar-refractivity contribution in [3.8, 4) is 0 Å². The van der Waals surface area contributed by atoms with E-state index in [9.17, 15) is 4.79 Å². The normalized spacial score (nSPS) is 18.8. The minimum atomic E-state index is -0.162. The molecule has 3 N–H and O–H groups in total. The van der Waals surface area contributed by atoms with Gasteiger partial charge in [-0.05, 0) is 26.2 Å². The van der Waals surface area contributed by atoms with Gasteiger partial charge >= 0.3 is 0 Å². The standard InChI is InChI=1S/C13H22N4O2S/c1-3-17(2)13-16-11(14)10(20-13)12(18)15-8-9-6-4-5-7-19-9/h9H,3-8,14H2,1-2H3,(H,15,18). The summed E-state index contributed by atoms with van der Waals surface area (Å²) in [4.78, 5) is 18.8. The highest BCUT2D eigenvalue weighted by atomic mass is 32.1. The van der Waals surface area contributed by atoms with Gasteiger partial charge in [0, 0.05) is 26.7 Å². The van der Waals surface area contributed by atoms with E-state index >= 15 is 0 Å². The van der Waals surface area contributed by atoms with E-state index in [1.807, 2.05) is 18.9 Å². The number of hydrogen-bond donors (Lipinski definition) is 2. The fraction of sp³-hybridized carbons (Fsp3) is 0.692. The van der Waals surface area contributed by atoms with Crippen LogP contribution in [0.5, 0.6) is 0 Å². The quantitative estimate of drug-likeness (QED) is 0.860. The second-order valence-corrected chi connectivity index (χ2v) is 5.90. The average Bonchev–Trinajstić information content (AvgIpc) is 2.87. The Bertz CT molecular complexity index is 457. The summed E-state index contributed by atoms with van der Waals surface area (Å²) in [5.41, 5.74) is 5.82. The summed E-state index contributed by atoms with van der Waals surface area (Å²) in [6, 6.07) is 0. The number of nitrogens with zero attached hydrogens (tertiary/aromatic N) is 2. The van der Waals surface area contributed by atoms with E-state index in [1.165, 1.54) is 11.3 Å². The van der Waals surface area contributed by atoms with Gasteiger partial charge in [0.1, 0.15) is 10.7 Å². The zero-order chi connectivity index (χ0) is 14.5. The van der Waals surface area contributed by atoms with Crippen LogP contribution in [-0.2, 0) is 4.74 Å². The van der Waals surface area contributed by atoms with Gasteiger partial charge in [0.15, 0.2) is 5.13 Å². The van der Waals surface area contributed by atoms with Crippen molar-refractivity contribution in [1.82, 2.24) is 10.3 Å². The van der Waals surface area contributed by atoms with Crippen LogP contribution in [0, 0.1) is 0 Å². The first kappa shape index (κ1) is 15.1. The number of nitrogen functional groups attached to an aromatic ring is 1. The topological polar surface area (TPSA) is 80.5 Å². The lowest BCUT2D eigenvalue weighted by atomic mass is 10.1. The highest BCUT2D eigenvalue weighted by Crippen LogP contribution is 2.27. The molecule has 1 saturated heterocycles. The fourth-order valence-electron chi connectivity index (χ4n) is 2.04. The first-order valence-electron chi connectivity index (χ1n) is 6.99. The molecule has 1 unspecified atom stereocenters. The van der Waals surface area contributed by atoms with Crippen LogP contribution < -0.4 is 16.0 Å². The van der Waals surface area contributed by atoms with Gasteiger partial charge in [0.2, 0.25) is 0 Å². The van der Waals surface area contributed by atoms with Gasteiger partial charge in [-0.3, -0.25) is 4.79 Å². The first-order valence-corrected chi connectivity index (χ1v) is 7.80. The van der Waals surface area contributed by atoms with Crippen molar-refractivity contribution >= 4 is 28.2 Å². The summed E-state index contributed by atoms with van der Waals surface area (Å²) in [6.07, 6.45) is 3.40. The van der Waals surface area contributed by atoms with Crippen molar-refractivity contribution < 1.29 is 9.53 Å². The number of hydrogen-bond acceptors (Lipinski definition) is 6. The molecule has 1 aromatic rings. The predicted molar refractivity (Wildman–Crippen MR) is 81.4 cm³/mol. The summed E-state index contributed by atoms with van der Waals surface area (Å²) in [6.45, 7) is 4.17. The van der Waals surface area contributed by atoms with Crippen LogP contribution in [0.25, 0.3) is 0 Å². The maximum absolute atomic E-state index is 12.1. The van der Waals surface area contributed by atoms with Crippen LogP contribution in [-0.4, -0.2) is 43.7 Å². The van der Waals surface area contributed by atoms with Crippen molar-refractivity contribution in [3.05, 3.63) is 4.88 Å². The molecule has 1 amide bonds. The molecule has 1 aliphatic heterocycles. The molecule has 20 heavy (non-hydrogen) atoms. The summed E-state index contributed by atoms with van der Waals surface area (Å²) < 4.78 is 5.59. The van der Waals surface area contributed by atoms with Crippen molar-refractivity contribution in [1.29, 1.82) is 0 Å². The Morgan fingerprint density at radius 1 is 1.60 bits per heavy atom. The number of thiazole rings is 1. The van der Waals surface area contributed by atoms with Crippen molar-refractivity contribution in [3.63, 3.8) is 0 Å². The smallest absolute Gasteiger partial charge is 0.265 e. The molecule has 1 atom stereocenters. The number of carbonyl (C=O) groups excluding carboxylic acids is 1. The molecule has 0 spiro atoms. The molecule has 2 rings (SSSR count). The number of ether oxygens (including phenoxy) is 1. The van der Waals surface area contributed by atoms with Crippen LogP contribution in [0.2, 0.25) is 0 Å². The van der Waals surface area contributed by atoms with Crippen LogP contribution in [0.4, 0.5) is 10.9 Å². The fourth-order valence-corrected chi connectivity index (χ4v) is 2.96. The van der Waals surface area contributed by atoms with E-state index in [-0.39, 0.29) is 12.0 Å². The van der Waals surface area contributed by atoms with E-state index in [1.54, 1.807) is 0 Å². The Labute approximate surface area is 123 Å². The molecule has 0 saturated carbocycles. The number of carbonyl (C=O) groups is 1. The van der Waals surface area contributed by atoms with Gasteiger partial charge in [-0.2, -0.15) is 0 Å². The first-order chi connectivity index (χ1) is 9.61. The number of aromatic nitrogens is 1. The Hall–Kier alpha value is -1.34. The highest BCUT2D eigenvalue weighted by molar-refractivity contribution is 7.18. The van der Waals surface area contributed by atoms with E-state index in [4.69, 9.17) is 10.5 Å². The second-order valence-electron chi connectivity index (χ2n) is 4.92. The molecule has 0 aromatic carbocycles. The molecule has 1 fully saturated rings. The molecule has 112 valence electrons. The minimum Gasteiger partial charge on any atom is -0.382 e. The summed E-state index contributed by atoms with van der Waals surface area (Å²) in [5.74, 6) is 0.136. The lowest BCUT2D eigenvalue weighted by Gasteiger charge is -2.22. The Morgan fingerprint density at radius 2 is 2.40 bits per heavy atom. The van der Waals surface area contributed by atoms with Gasteiger partial charge in [-0.15, -0.1) is 0 Å². The predicted octanol–water partition coefficient (Wildman–Crippen LogP) is 1.48. The van der Waals surface area contributed by atoms with Crippen LogP contribution in [0.1, 0.15) is 35.9 Å². The second kappa shape index (κ2) is 6.90. The minimum absolute atomic E-state index is 0.125. The molecule has 7 heteroatoms. The zero-order valence-corrected chi connectivity index (χ0v) is 12.8. The van der Waals surface area contributed by atoms with Crippen molar-refractivity contribution in [2.24, 2.45) is 0 Å². The molecular weight excluding hydrogens is 276 g/mol. The summed E-state index contributed by atoms with van der Waals surface area (Å²) in [5, 5.41) is 3.66. The van der Waals surface area contributed by atoms with Crippen molar-refractivity contribution in [2.45, 2.75) is 32.3 Å². The van der Waals surface area contributed by atoms with Gasteiger partial charge < -0.3 is 20.7 Å². The number of rotatable bonds is 5. The number of anilines is 2. The van der Waals surface area contributed by atoms with E-state index in [0.29, 0.717) is 17.2 Å². The average molecular weight is 298 g/mol. The Kier molecular flexibility index (Phi) is 5.19. The monoisotopic (exact) mass is 298 g/mol. The highest BCUT2D eigenvalue weighted by Gasteiger charge is 2.20. The van der Waals surface area contributed by atoms with Crippen molar-refractivity contribution in [2.75, 3.05) is 37.4 Å². The van der Waals surface area contributed by atoms with E-state index in [2.05, 4.69) is 10.3 Å². The van der Waals surface area contributed by atoms with Gasteiger partial charge in [-0.25, -0.2) is 4.98 Å². The van der Waals surface area contributed by atoms with E-state index < -0.39 is 0 Å². The molecule has 1 aliphatic rings. The molecule has 0 bridgehead atoms. The molecule has 1 aromatic heterocycles. The SMILES string of the molecule is CCN(C)c1nc(N)c(C(=O)NCC2CCCCO2)s1. The third kappa shape index (κ3) is 3.61. The lowest BCUT2D eigenvalue weighted by molar-refractivity contribution is 0.0169. The maximum atomic E-state index is 12.1. The van der Waals surface area contributed by atoms with Crippen LogP contribution in [0.15, 0.2) is 0 Å². The zero-order valence-electron chi connectivity index (χ0n) is 12.0. The summed E-state index contributed by atoms with van der Waals surface area (Å²) in [7, 11) is 1.93. The third-order valence-electron chi connectivity index (χ3n) is 3.41. The lowest BCUT2D eigenvalue weighted by Crippen LogP contribution is -2.35. The van der Waals surface area contributed by atoms with Crippen LogP contribution >= 0.6 is 11.3 Å².